The molecule has 0 radical (unpaired) electrons. The van der Waals surface area contributed by atoms with Crippen molar-refractivity contribution in [3.63, 3.8) is 0 Å². The van der Waals surface area contributed by atoms with E-state index in [-0.39, 0.29) is 0 Å². The van der Waals surface area contributed by atoms with Crippen molar-refractivity contribution in [1.82, 2.24) is 0 Å². The maximum atomic E-state index is 4.27. The van der Waals surface area contributed by atoms with Crippen LogP contribution in [0.3, 0.4) is 0 Å². The molecular formula is C20H18N4S2. The van der Waals surface area contributed by atoms with Crippen LogP contribution in [0.1, 0.15) is 32.0 Å². The van der Waals surface area contributed by atoms with Crippen molar-refractivity contribution in [2.75, 3.05) is 0 Å². The Morgan fingerprint density at radius 3 is 1.54 bits per heavy atom. The minimum Gasteiger partial charge on any atom is -0.189 e. The lowest BCUT2D eigenvalue weighted by molar-refractivity contribution is 0.793. The van der Waals surface area contributed by atoms with Gasteiger partial charge in [0.2, 0.25) is 0 Å². The van der Waals surface area contributed by atoms with E-state index in [2.05, 4.69) is 58.6 Å². The predicted octanol–water partition coefficient (Wildman–Crippen LogP) is 6.69. The van der Waals surface area contributed by atoms with Crippen molar-refractivity contribution in [3.05, 3.63) is 56.3 Å². The number of thiophene rings is 2. The predicted molar refractivity (Wildman–Crippen MR) is 107 cm³/mol. The number of hydrogen-bond donors (Lipinski definition) is 0. The van der Waals surface area contributed by atoms with Gasteiger partial charge in [0.15, 0.2) is 0 Å². The van der Waals surface area contributed by atoms with E-state index in [1.165, 1.54) is 52.9 Å². The highest BCUT2D eigenvalue weighted by molar-refractivity contribution is 7.16. The molecule has 2 aliphatic heterocycles. The first-order valence-electron chi connectivity index (χ1n) is 8.72. The maximum Gasteiger partial charge on any atom is 0.0867 e. The standard InChI is InChI=1S/C20H18N4S2/c1-11-15-7-21-23-9-17(15)19(25-11)13-4-3-5-14(6-13)20-18-10-24-22-8-16(18)12(2)26-20/h3-6H,7-10H2,1-2H3. The number of rotatable bonds is 2. The zero-order valence-corrected chi connectivity index (χ0v) is 16.4. The van der Waals surface area contributed by atoms with Gasteiger partial charge in [-0.15, -0.1) is 22.7 Å². The van der Waals surface area contributed by atoms with Crippen LogP contribution in [0.2, 0.25) is 0 Å². The quantitative estimate of drug-likeness (QED) is 0.477. The fraction of sp³-hybridized carbons (Fsp3) is 0.300. The number of azo groups is 2. The van der Waals surface area contributed by atoms with E-state index < -0.39 is 0 Å². The molecule has 0 unspecified atom stereocenters. The molecule has 2 aliphatic rings. The molecule has 0 saturated carbocycles. The lowest BCUT2D eigenvalue weighted by Crippen LogP contribution is -1.96. The average molecular weight is 379 g/mol. The average Bonchev–Trinajstić information content (AvgIpc) is 3.20. The molecule has 4 nitrogen and oxygen atoms in total. The Kier molecular flexibility index (Phi) is 3.83. The van der Waals surface area contributed by atoms with Gasteiger partial charge in [0.05, 0.1) is 26.2 Å². The minimum atomic E-state index is 0.702. The lowest BCUT2D eigenvalue weighted by Gasteiger charge is -2.10. The molecule has 0 bridgehead atoms. The van der Waals surface area contributed by atoms with Crippen molar-refractivity contribution >= 4 is 22.7 Å². The van der Waals surface area contributed by atoms with E-state index in [1.54, 1.807) is 0 Å². The van der Waals surface area contributed by atoms with Crippen LogP contribution in [0.5, 0.6) is 0 Å². The Hall–Kier alpha value is -2.18. The van der Waals surface area contributed by atoms with Crippen molar-refractivity contribution in [1.29, 1.82) is 0 Å². The Balaban J connectivity index is 1.62. The van der Waals surface area contributed by atoms with Gasteiger partial charge in [-0.2, -0.15) is 20.5 Å². The first-order valence-corrected chi connectivity index (χ1v) is 10.3. The van der Waals surface area contributed by atoms with Crippen LogP contribution in [-0.4, -0.2) is 0 Å². The van der Waals surface area contributed by atoms with E-state index in [4.69, 9.17) is 0 Å². The van der Waals surface area contributed by atoms with Gasteiger partial charge in [-0.3, -0.25) is 0 Å². The van der Waals surface area contributed by atoms with Crippen molar-refractivity contribution < 1.29 is 0 Å². The first kappa shape index (κ1) is 16.0. The number of benzene rings is 1. The maximum absolute atomic E-state index is 4.27. The fourth-order valence-electron chi connectivity index (χ4n) is 3.75. The highest BCUT2D eigenvalue weighted by Gasteiger charge is 2.21. The third-order valence-electron chi connectivity index (χ3n) is 5.14. The summed E-state index contributed by atoms with van der Waals surface area (Å²) in [5, 5.41) is 17.0. The summed E-state index contributed by atoms with van der Waals surface area (Å²) in [6.45, 7) is 7.24. The van der Waals surface area contributed by atoms with E-state index in [0.29, 0.717) is 13.1 Å². The molecule has 4 heterocycles. The topological polar surface area (TPSA) is 49.4 Å². The van der Waals surface area contributed by atoms with Crippen LogP contribution >= 0.6 is 22.7 Å². The summed E-state index contributed by atoms with van der Waals surface area (Å²) in [7, 11) is 0. The monoisotopic (exact) mass is 378 g/mol. The summed E-state index contributed by atoms with van der Waals surface area (Å²) in [6.07, 6.45) is 0. The fourth-order valence-corrected chi connectivity index (χ4v) is 6.10. The molecule has 0 saturated heterocycles. The Bertz CT molecular complexity index is 990. The smallest absolute Gasteiger partial charge is 0.0867 e. The molecule has 0 N–H and O–H groups in total. The van der Waals surface area contributed by atoms with Gasteiger partial charge in [0.25, 0.3) is 0 Å². The van der Waals surface area contributed by atoms with Crippen LogP contribution < -0.4 is 0 Å². The highest BCUT2D eigenvalue weighted by Crippen LogP contribution is 2.43. The molecule has 2 aromatic heterocycles. The summed E-state index contributed by atoms with van der Waals surface area (Å²) in [6, 6.07) is 8.93. The van der Waals surface area contributed by atoms with Gasteiger partial charge in [-0.1, -0.05) is 18.2 Å². The Labute approximate surface area is 160 Å². The Morgan fingerprint density at radius 1 is 0.654 bits per heavy atom. The van der Waals surface area contributed by atoms with Gasteiger partial charge < -0.3 is 0 Å². The van der Waals surface area contributed by atoms with Crippen LogP contribution in [-0.2, 0) is 26.2 Å². The summed E-state index contributed by atoms with van der Waals surface area (Å²) >= 11 is 3.74. The van der Waals surface area contributed by atoms with E-state index in [9.17, 15) is 0 Å². The normalized spacial score (nSPS) is 15.2. The second-order valence-electron chi connectivity index (χ2n) is 6.67. The zero-order valence-electron chi connectivity index (χ0n) is 14.7. The van der Waals surface area contributed by atoms with Crippen molar-refractivity contribution in [2.24, 2.45) is 20.5 Å². The molecule has 0 fully saturated rings. The van der Waals surface area contributed by atoms with Crippen LogP contribution in [0.15, 0.2) is 44.7 Å². The van der Waals surface area contributed by atoms with Gasteiger partial charge in [-0.25, -0.2) is 0 Å². The molecule has 3 aromatic rings. The number of nitrogens with zero attached hydrogens (tertiary/aromatic N) is 4. The number of hydrogen-bond acceptors (Lipinski definition) is 6. The Morgan fingerprint density at radius 2 is 1.08 bits per heavy atom. The first-order chi connectivity index (χ1) is 12.7. The third-order valence-corrected chi connectivity index (χ3v) is 7.62. The van der Waals surface area contributed by atoms with E-state index in [0.717, 1.165) is 13.1 Å². The van der Waals surface area contributed by atoms with Gasteiger partial charge in [-0.05, 0) is 53.3 Å². The molecule has 0 atom stereocenters. The minimum absolute atomic E-state index is 0.702. The lowest BCUT2D eigenvalue weighted by atomic mass is 9.99. The highest BCUT2D eigenvalue weighted by atomic mass is 32.1. The molecule has 0 aliphatic carbocycles. The molecule has 130 valence electrons. The van der Waals surface area contributed by atoms with Gasteiger partial charge in [0, 0.05) is 19.5 Å². The molecule has 1 aromatic carbocycles. The second kappa shape index (κ2) is 6.21. The summed E-state index contributed by atoms with van der Waals surface area (Å²) < 4.78 is 0. The van der Waals surface area contributed by atoms with Crippen molar-refractivity contribution in [2.45, 2.75) is 40.0 Å². The van der Waals surface area contributed by atoms with E-state index in [1.807, 2.05) is 22.7 Å². The summed E-state index contributed by atoms with van der Waals surface area (Å²) in [5.74, 6) is 0. The molecule has 6 heteroatoms. The molecule has 26 heavy (non-hydrogen) atoms. The van der Waals surface area contributed by atoms with Crippen LogP contribution in [0.4, 0.5) is 0 Å². The molecular weight excluding hydrogens is 360 g/mol. The van der Waals surface area contributed by atoms with E-state index >= 15 is 0 Å². The largest absolute Gasteiger partial charge is 0.189 e. The molecule has 0 spiro atoms. The van der Waals surface area contributed by atoms with Crippen molar-refractivity contribution in [3.8, 4) is 20.9 Å². The molecule has 0 amide bonds. The second-order valence-corrected chi connectivity index (χ2v) is 9.12. The SMILES string of the molecule is Cc1sc(-c2cccc(-c3sc(C)c4c3CN=NC4)c2)c2c1CN=NC2. The molecule has 5 rings (SSSR count). The van der Waals surface area contributed by atoms with Crippen LogP contribution in [0, 0.1) is 13.8 Å². The summed E-state index contributed by atoms with van der Waals surface area (Å²) in [5.41, 5.74) is 8.03. The number of fused-ring (bicyclic) bond motifs is 2. The number of aryl methyl sites for hydroxylation is 2. The zero-order chi connectivity index (χ0) is 17.7. The summed E-state index contributed by atoms with van der Waals surface area (Å²) in [4.78, 5) is 5.42. The van der Waals surface area contributed by atoms with Gasteiger partial charge in [0.1, 0.15) is 0 Å². The van der Waals surface area contributed by atoms with Crippen LogP contribution in [0.25, 0.3) is 20.9 Å². The van der Waals surface area contributed by atoms with Gasteiger partial charge >= 0.3 is 0 Å². The third kappa shape index (κ3) is 2.47.